The third-order valence-corrected chi connectivity index (χ3v) is 4.55. The van der Waals surface area contributed by atoms with Crippen molar-refractivity contribution in [2.24, 2.45) is 5.41 Å². The van der Waals surface area contributed by atoms with Crippen LogP contribution in [0.15, 0.2) is 0 Å². The molecule has 1 unspecified atom stereocenters. The quantitative estimate of drug-likeness (QED) is 0.528. The molecule has 0 fully saturated rings. The van der Waals surface area contributed by atoms with Crippen LogP contribution in [0.3, 0.4) is 0 Å². The van der Waals surface area contributed by atoms with Gasteiger partial charge in [-0.2, -0.15) is 0 Å². The zero-order valence-corrected chi connectivity index (χ0v) is 10.0. The van der Waals surface area contributed by atoms with Gasteiger partial charge >= 0.3 is 83.5 Å². The van der Waals surface area contributed by atoms with E-state index in [2.05, 4.69) is 20.8 Å². The molecule has 0 aliphatic rings. The molecule has 0 aliphatic carbocycles. The second-order valence-electron chi connectivity index (χ2n) is 3.62. The SMILES string of the molecule is CCCCC(C)(CC)[CH2][Na]. The second-order valence-corrected chi connectivity index (χ2v) is 4.33. The molecule has 0 rings (SSSR count). The average Bonchev–Trinajstić information content (AvgIpc) is 2.00. The summed E-state index contributed by atoms with van der Waals surface area (Å²) in [5.41, 5.74) is 0.697. The van der Waals surface area contributed by atoms with Crippen LogP contribution in [0.1, 0.15) is 46.5 Å². The van der Waals surface area contributed by atoms with Gasteiger partial charge in [0.2, 0.25) is 0 Å². The van der Waals surface area contributed by atoms with Crippen LogP contribution in [0.2, 0.25) is 3.67 Å². The molecular formula is C9H19Na. The predicted octanol–water partition coefficient (Wildman–Crippen LogP) is 3.18. The van der Waals surface area contributed by atoms with E-state index in [9.17, 15) is 0 Å². The normalized spacial score (nSPS) is 16.9. The summed E-state index contributed by atoms with van der Waals surface area (Å²) in [6.07, 6.45) is 5.60. The molecule has 0 heterocycles. The fourth-order valence-electron chi connectivity index (χ4n) is 1.21. The summed E-state index contributed by atoms with van der Waals surface area (Å²) in [7, 11) is 0. The van der Waals surface area contributed by atoms with Gasteiger partial charge in [-0.3, -0.25) is 0 Å². The van der Waals surface area contributed by atoms with Crippen molar-refractivity contribution in [2.75, 3.05) is 0 Å². The van der Waals surface area contributed by atoms with Crippen LogP contribution >= 0.6 is 0 Å². The van der Waals surface area contributed by atoms with E-state index in [0.29, 0.717) is 5.41 Å². The van der Waals surface area contributed by atoms with E-state index in [4.69, 9.17) is 0 Å². The van der Waals surface area contributed by atoms with Crippen LogP contribution in [0.4, 0.5) is 0 Å². The first kappa shape index (κ1) is 11.0. The van der Waals surface area contributed by atoms with Crippen LogP contribution in [-0.2, 0) is 0 Å². The molecule has 0 aromatic heterocycles. The summed E-state index contributed by atoms with van der Waals surface area (Å²) in [6.45, 7) is 7.05. The monoisotopic (exact) mass is 150 g/mol. The number of unbranched alkanes of at least 4 members (excludes halogenated alkanes) is 1. The Balaban J connectivity index is 3.58. The number of hydrogen-bond donors (Lipinski definition) is 0. The van der Waals surface area contributed by atoms with E-state index in [-0.39, 0.29) is 0 Å². The van der Waals surface area contributed by atoms with Gasteiger partial charge in [-0.05, 0) is 0 Å². The molecule has 0 nitrogen and oxygen atoms in total. The van der Waals surface area contributed by atoms with Crippen molar-refractivity contribution in [3.05, 3.63) is 0 Å². The first-order valence-corrected chi connectivity index (χ1v) is 6.10. The van der Waals surface area contributed by atoms with Gasteiger partial charge in [0.05, 0.1) is 0 Å². The molecular weight excluding hydrogens is 131 g/mol. The maximum absolute atomic E-state index is 2.44. The van der Waals surface area contributed by atoms with Crippen LogP contribution < -0.4 is 0 Å². The second kappa shape index (κ2) is 5.62. The Hall–Kier alpha value is 1.00. The Morgan fingerprint density at radius 3 is 2.20 bits per heavy atom. The van der Waals surface area contributed by atoms with Crippen molar-refractivity contribution >= 4 is 27.9 Å². The zero-order valence-electron chi connectivity index (χ0n) is 8.04. The number of hydrogen-bond acceptors (Lipinski definition) is 0. The Morgan fingerprint density at radius 2 is 1.90 bits per heavy atom. The van der Waals surface area contributed by atoms with E-state index in [1.165, 1.54) is 57.3 Å². The molecule has 1 heteroatoms. The molecule has 0 radical (unpaired) electrons. The van der Waals surface area contributed by atoms with Crippen molar-refractivity contribution in [3.63, 3.8) is 0 Å². The maximum atomic E-state index is 2.44. The molecule has 0 saturated heterocycles. The van der Waals surface area contributed by atoms with Crippen molar-refractivity contribution in [3.8, 4) is 0 Å². The van der Waals surface area contributed by atoms with E-state index >= 15 is 0 Å². The van der Waals surface area contributed by atoms with Gasteiger partial charge < -0.3 is 0 Å². The summed E-state index contributed by atoms with van der Waals surface area (Å²) >= 11 is 1.37. The van der Waals surface area contributed by atoms with Crippen molar-refractivity contribution in [1.82, 2.24) is 0 Å². The molecule has 0 saturated carbocycles. The van der Waals surface area contributed by atoms with E-state index in [0.717, 1.165) is 0 Å². The molecule has 0 N–H and O–H groups in total. The minimum atomic E-state index is 0.697. The van der Waals surface area contributed by atoms with Gasteiger partial charge in [0.25, 0.3) is 0 Å². The van der Waals surface area contributed by atoms with Crippen molar-refractivity contribution in [1.29, 1.82) is 0 Å². The standard InChI is InChI=1S/C9H19.Na/c1-5-7-8-9(3,4)6-2;/h3,5-8H2,1-2,4H3;. The fourth-order valence-corrected chi connectivity index (χ4v) is 2.06. The van der Waals surface area contributed by atoms with Crippen molar-refractivity contribution < 1.29 is 0 Å². The summed E-state index contributed by atoms with van der Waals surface area (Å²) in [5, 5.41) is 0. The van der Waals surface area contributed by atoms with Gasteiger partial charge in [-0.25, -0.2) is 0 Å². The molecule has 0 spiro atoms. The Morgan fingerprint density at radius 1 is 1.30 bits per heavy atom. The molecule has 0 aliphatic heterocycles. The van der Waals surface area contributed by atoms with Gasteiger partial charge in [-0.15, -0.1) is 0 Å². The Labute approximate surface area is 83.2 Å². The van der Waals surface area contributed by atoms with Gasteiger partial charge in [0, 0.05) is 0 Å². The average molecular weight is 150 g/mol. The molecule has 0 amide bonds. The zero-order chi connectivity index (χ0) is 8.04. The summed E-state index contributed by atoms with van der Waals surface area (Å²) in [5.74, 6) is 0. The van der Waals surface area contributed by atoms with Crippen LogP contribution in [0.25, 0.3) is 0 Å². The predicted molar refractivity (Wildman–Crippen MR) is 48.5 cm³/mol. The van der Waals surface area contributed by atoms with E-state index < -0.39 is 0 Å². The fraction of sp³-hybridized carbons (Fsp3) is 1.00. The molecule has 10 heavy (non-hydrogen) atoms. The molecule has 56 valence electrons. The number of rotatable bonds is 5. The molecule has 0 aromatic carbocycles. The van der Waals surface area contributed by atoms with Gasteiger partial charge in [0.15, 0.2) is 0 Å². The molecule has 0 aromatic rings. The molecule has 1 atom stereocenters. The third-order valence-electron chi connectivity index (χ3n) is 2.84. The van der Waals surface area contributed by atoms with Crippen LogP contribution in [-0.4, -0.2) is 27.9 Å². The molecule has 0 bridgehead atoms. The van der Waals surface area contributed by atoms with Crippen molar-refractivity contribution in [2.45, 2.75) is 50.1 Å². The Bertz CT molecular complexity index is 74.8. The first-order valence-electron chi connectivity index (χ1n) is 4.68. The summed E-state index contributed by atoms with van der Waals surface area (Å²) in [6, 6.07) is 0. The summed E-state index contributed by atoms with van der Waals surface area (Å²) in [4.78, 5) is 0. The van der Waals surface area contributed by atoms with Crippen LogP contribution in [0, 0.1) is 5.41 Å². The first-order chi connectivity index (χ1) is 4.68. The van der Waals surface area contributed by atoms with Crippen LogP contribution in [0.5, 0.6) is 0 Å². The topological polar surface area (TPSA) is 0 Å². The minimum absolute atomic E-state index is 0.697. The summed E-state index contributed by atoms with van der Waals surface area (Å²) < 4.78 is 1.48. The van der Waals surface area contributed by atoms with Gasteiger partial charge in [0.1, 0.15) is 0 Å². The van der Waals surface area contributed by atoms with E-state index in [1.807, 2.05) is 0 Å². The Kier molecular flexibility index (Phi) is 6.19. The third kappa shape index (κ3) is 4.00. The van der Waals surface area contributed by atoms with E-state index in [1.54, 1.807) is 0 Å². The van der Waals surface area contributed by atoms with Gasteiger partial charge in [-0.1, -0.05) is 0 Å².